The van der Waals surface area contributed by atoms with Crippen molar-refractivity contribution in [2.75, 3.05) is 0 Å². The van der Waals surface area contributed by atoms with Crippen LogP contribution in [0.5, 0.6) is 0 Å². The fraction of sp³-hybridized carbons (Fsp3) is 0.500. The molecule has 120 valence electrons. The second-order valence-corrected chi connectivity index (χ2v) is 16.5. The van der Waals surface area contributed by atoms with Gasteiger partial charge in [-0.2, -0.15) is 0 Å². The summed E-state index contributed by atoms with van der Waals surface area (Å²) in [6.45, 7) is 0. The summed E-state index contributed by atoms with van der Waals surface area (Å²) in [7, 11) is 8.62. The average Bonchev–Trinajstić information content (AvgIpc) is 2.56. The van der Waals surface area contributed by atoms with Gasteiger partial charge in [-0.25, -0.2) is 0 Å². The van der Waals surface area contributed by atoms with Crippen LogP contribution in [0.2, 0.25) is 0 Å². The van der Waals surface area contributed by atoms with Gasteiger partial charge in [0.25, 0.3) is 0 Å². The Balaban J connectivity index is 2.08. The lowest BCUT2D eigenvalue weighted by Gasteiger charge is -2.39. The van der Waals surface area contributed by atoms with E-state index in [0.717, 1.165) is 4.20 Å². The van der Waals surface area contributed by atoms with Crippen LogP contribution >= 0.6 is 62.3 Å². The maximum absolute atomic E-state index is 6.78. The Morgan fingerprint density at radius 2 is 1.77 bits per heavy atom. The molecule has 0 spiro atoms. The number of rotatable bonds is 2. The van der Waals surface area contributed by atoms with Crippen LogP contribution in [0, 0.1) is 5.92 Å². The van der Waals surface area contributed by atoms with Gasteiger partial charge in [0.2, 0.25) is 4.75 Å². The van der Waals surface area contributed by atoms with Crippen LogP contribution in [0.1, 0.15) is 37.7 Å². The summed E-state index contributed by atoms with van der Waals surface area (Å²) in [4.78, 5) is 0. The Bertz CT molecular complexity index is 505. The van der Waals surface area contributed by atoms with E-state index in [9.17, 15) is 0 Å². The molecule has 2 fully saturated rings. The van der Waals surface area contributed by atoms with Crippen molar-refractivity contribution in [3.8, 4) is 0 Å². The normalized spacial score (nSPS) is 31.5. The molecule has 2 unspecified atom stereocenters. The fourth-order valence-electron chi connectivity index (χ4n) is 3.29. The smallest absolute Gasteiger partial charge is 0.138 e. The minimum atomic E-state index is -0.310. The van der Waals surface area contributed by atoms with E-state index in [-0.39, 0.29) is 14.9 Å². The first-order valence-corrected chi connectivity index (χ1v) is 15.6. The van der Waals surface area contributed by atoms with Gasteiger partial charge in [-0.15, -0.1) is 5.14 Å². The monoisotopic (exact) mass is 424 g/mol. The van der Waals surface area contributed by atoms with Crippen molar-refractivity contribution in [3.63, 3.8) is 0 Å². The largest absolute Gasteiger partial charge is 0.229 e. The zero-order valence-electron chi connectivity index (χ0n) is 11.9. The van der Waals surface area contributed by atoms with Crippen molar-refractivity contribution in [2.24, 2.45) is 11.1 Å². The minimum Gasteiger partial charge on any atom is -0.138 e. The van der Waals surface area contributed by atoms with E-state index in [1.54, 1.807) is 40.3 Å². The molecule has 2 N–H and O–H groups in total. The van der Waals surface area contributed by atoms with E-state index in [2.05, 4.69) is 30.3 Å². The fourth-order valence-corrected chi connectivity index (χ4v) is 19.5. The molecule has 1 nitrogen and oxygen atoms in total. The van der Waals surface area contributed by atoms with Gasteiger partial charge in [-0.1, -0.05) is 61.8 Å². The summed E-state index contributed by atoms with van der Waals surface area (Å²) in [6.07, 6.45) is 6.47. The van der Waals surface area contributed by atoms with E-state index in [0.29, 0.717) is 5.92 Å². The van der Waals surface area contributed by atoms with E-state index in [4.69, 9.17) is 17.4 Å². The summed E-state index contributed by atoms with van der Waals surface area (Å²) in [5.74, 6) is 0.578. The molecule has 1 aliphatic carbocycles. The van der Waals surface area contributed by atoms with Crippen LogP contribution in [-0.4, -0.2) is 4.20 Å². The molecule has 8 heteroatoms. The Labute approximate surface area is 159 Å². The van der Waals surface area contributed by atoms with Gasteiger partial charge < -0.3 is 0 Å². The topological polar surface area (TPSA) is 26.0 Å². The van der Waals surface area contributed by atoms with Crippen molar-refractivity contribution in [1.29, 1.82) is 0 Å². The standard InChI is InChI=1S/C14H18NS7/c15-22-14(11-7-3-1-4-8-11,12-9-5-2-6-10-12)13(16)17-18-19-20-21-22/h1,3-4,7-8,12H,2,5-6,9-10,15H2/q+1. The molecule has 0 radical (unpaired) electrons. The molecule has 0 amide bonds. The van der Waals surface area contributed by atoms with Crippen LogP contribution in [0.15, 0.2) is 30.3 Å². The van der Waals surface area contributed by atoms with E-state index < -0.39 is 0 Å². The van der Waals surface area contributed by atoms with Gasteiger partial charge in [0, 0.05) is 31.1 Å². The Morgan fingerprint density at radius 3 is 2.50 bits per heavy atom. The third kappa shape index (κ3) is 3.64. The number of thiocarbonyl (C=S) groups is 1. The molecule has 1 heterocycles. The molecule has 1 aromatic carbocycles. The molecule has 3 rings (SSSR count). The first-order valence-electron chi connectivity index (χ1n) is 7.20. The molecule has 2 aliphatic rings. The highest BCUT2D eigenvalue weighted by molar-refractivity contribution is 9.42. The highest BCUT2D eigenvalue weighted by Gasteiger charge is 2.59. The lowest BCUT2D eigenvalue weighted by molar-refractivity contribution is 0.325. The highest BCUT2D eigenvalue weighted by atomic mass is 33.9. The predicted molar refractivity (Wildman–Crippen MR) is 117 cm³/mol. The molecular formula is C14H18NS7+. The van der Waals surface area contributed by atoms with Crippen molar-refractivity contribution < 1.29 is 0 Å². The summed E-state index contributed by atoms with van der Waals surface area (Å²) in [5.41, 5.74) is 1.32. The lowest BCUT2D eigenvalue weighted by Crippen LogP contribution is -2.50. The number of benzene rings is 1. The summed E-state index contributed by atoms with van der Waals surface area (Å²) < 4.78 is 0.926. The number of nitrogens with two attached hydrogens (primary N) is 1. The maximum Gasteiger partial charge on any atom is 0.229 e. The number of hydrogen-bond donors (Lipinski definition) is 1. The Morgan fingerprint density at radius 1 is 1.05 bits per heavy atom. The number of hydrogen-bond acceptors (Lipinski definition) is 7. The summed E-state index contributed by atoms with van der Waals surface area (Å²) in [6, 6.07) is 10.8. The minimum absolute atomic E-state index is 0.159. The molecule has 2 atom stereocenters. The molecule has 1 saturated carbocycles. The quantitative estimate of drug-likeness (QED) is 0.327. The zero-order chi connectivity index (χ0) is 15.4. The molecule has 1 aliphatic heterocycles. The highest BCUT2D eigenvalue weighted by Crippen LogP contribution is 2.62. The summed E-state index contributed by atoms with van der Waals surface area (Å²) in [5, 5.41) is 6.78. The first-order chi connectivity index (χ1) is 10.8. The lowest BCUT2D eigenvalue weighted by atomic mass is 9.77. The van der Waals surface area contributed by atoms with Gasteiger partial charge >= 0.3 is 0 Å². The van der Waals surface area contributed by atoms with Crippen molar-refractivity contribution in [3.05, 3.63) is 35.9 Å². The van der Waals surface area contributed by atoms with Gasteiger partial charge in [-0.05, 0) is 33.5 Å². The van der Waals surface area contributed by atoms with Crippen LogP contribution in [-0.2, 0) is 14.9 Å². The molecule has 1 saturated heterocycles. The van der Waals surface area contributed by atoms with E-state index in [1.165, 1.54) is 37.7 Å². The van der Waals surface area contributed by atoms with E-state index in [1.807, 2.05) is 9.83 Å². The molecule has 0 aromatic heterocycles. The SMILES string of the molecule is N[S+]1SSSSSC(=S)C1(c1ccccc1)C1CCCCC1. The summed E-state index contributed by atoms with van der Waals surface area (Å²) >= 11 is 5.96. The van der Waals surface area contributed by atoms with Gasteiger partial charge in [0.1, 0.15) is 4.20 Å². The van der Waals surface area contributed by atoms with Gasteiger partial charge in [-0.3, -0.25) is 0 Å². The Hall–Kier alpha value is 1.37. The second-order valence-electron chi connectivity index (χ2n) is 5.38. The second kappa shape index (κ2) is 8.65. The van der Waals surface area contributed by atoms with Crippen molar-refractivity contribution in [1.82, 2.24) is 0 Å². The van der Waals surface area contributed by atoms with Crippen LogP contribution in [0.4, 0.5) is 0 Å². The first kappa shape index (κ1) is 18.2. The van der Waals surface area contributed by atoms with Gasteiger partial charge in [0.05, 0.1) is 0 Å². The van der Waals surface area contributed by atoms with Crippen molar-refractivity contribution >= 4 is 76.6 Å². The van der Waals surface area contributed by atoms with E-state index >= 15 is 0 Å². The third-order valence-corrected chi connectivity index (χ3v) is 18.0. The van der Waals surface area contributed by atoms with Gasteiger partial charge in [0.15, 0.2) is 19.9 Å². The van der Waals surface area contributed by atoms with Crippen LogP contribution in [0.3, 0.4) is 0 Å². The van der Waals surface area contributed by atoms with Crippen LogP contribution < -0.4 is 5.14 Å². The van der Waals surface area contributed by atoms with Crippen LogP contribution in [0.25, 0.3) is 0 Å². The zero-order valence-corrected chi connectivity index (χ0v) is 17.7. The molecule has 22 heavy (non-hydrogen) atoms. The van der Waals surface area contributed by atoms with Crippen molar-refractivity contribution in [2.45, 2.75) is 36.9 Å². The predicted octanol–water partition coefficient (Wildman–Crippen LogP) is 6.54. The molecule has 1 aromatic rings. The third-order valence-electron chi connectivity index (χ3n) is 4.27. The maximum atomic E-state index is 6.78. The Kier molecular flexibility index (Phi) is 7.14. The molecule has 0 bridgehead atoms. The molecular weight excluding hydrogens is 407 g/mol. The average molecular weight is 425 g/mol.